The molecule has 0 radical (unpaired) electrons. The van der Waals surface area contributed by atoms with Gasteiger partial charge in [-0.2, -0.15) is 0 Å². The van der Waals surface area contributed by atoms with Gasteiger partial charge in [-0.3, -0.25) is 9.59 Å². The Morgan fingerprint density at radius 2 is 1.84 bits per heavy atom. The van der Waals surface area contributed by atoms with E-state index in [9.17, 15) is 14.7 Å². The summed E-state index contributed by atoms with van der Waals surface area (Å²) in [6.07, 6.45) is 5.68. The maximum Gasteiger partial charge on any atom is 0.307 e. The lowest BCUT2D eigenvalue weighted by molar-refractivity contribution is -0.149. The number of carbonyl (C=O) groups is 2. The van der Waals surface area contributed by atoms with Gasteiger partial charge in [0.05, 0.1) is 11.8 Å². The Morgan fingerprint density at radius 3 is 2.53 bits per heavy atom. The lowest BCUT2D eigenvalue weighted by Crippen LogP contribution is -2.42. The van der Waals surface area contributed by atoms with E-state index >= 15 is 0 Å². The van der Waals surface area contributed by atoms with Gasteiger partial charge in [0.15, 0.2) is 0 Å². The molecule has 5 heteroatoms. The Balaban J connectivity index is 1.99. The van der Waals surface area contributed by atoms with Crippen LogP contribution in [0.3, 0.4) is 0 Å². The highest BCUT2D eigenvalue weighted by Crippen LogP contribution is 2.35. The summed E-state index contributed by atoms with van der Waals surface area (Å²) >= 11 is 0. The van der Waals surface area contributed by atoms with Crippen molar-refractivity contribution in [3.63, 3.8) is 0 Å². The van der Waals surface area contributed by atoms with E-state index in [-0.39, 0.29) is 24.5 Å². The molecular weight excluding hydrogens is 246 g/mol. The molecule has 1 saturated carbocycles. The molecule has 3 unspecified atom stereocenters. The normalized spacial score (nSPS) is 30.8. The van der Waals surface area contributed by atoms with E-state index in [1.807, 2.05) is 4.90 Å². The van der Waals surface area contributed by atoms with Crippen LogP contribution in [0.5, 0.6) is 0 Å². The molecule has 0 aromatic carbocycles. The molecule has 1 heterocycles. The molecule has 3 atom stereocenters. The number of amides is 1. The van der Waals surface area contributed by atoms with E-state index in [1.165, 1.54) is 0 Å². The van der Waals surface area contributed by atoms with Gasteiger partial charge in [0, 0.05) is 19.2 Å². The van der Waals surface area contributed by atoms with Crippen molar-refractivity contribution in [2.24, 2.45) is 11.8 Å². The van der Waals surface area contributed by atoms with Crippen LogP contribution in [0.25, 0.3) is 0 Å². The molecule has 108 valence electrons. The number of aliphatic carboxylic acids is 1. The molecule has 0 bridgehead atoms. The minimum Gasteiger partial charge on any atom is -0.481 e. The van der Waals surface area contributed by atoms with E-state index in [0.717, 1.165) is 32.2 Å². The number of likely N-dealkylation sites (tertiary alicyclic amines) is 1. The topological polar surface area (TPSA) is 77.8 Å². The van der Waals surface area contributed by atoms with E-state index in [4.69, 9.17) is 5.11 Å². The van der Waals surface area contributed by atoms with E-state index < -0.39 is 11.9 Å². The minimum atomic E-state index is -0.832. The second-order valence-corrected chi connectivity index (χ2v) is 5.68. The number of aliphatic hydroxyl groups is 1. The van der Waals surface area contributed by atoms with Gasteiger partial charge in [0.1, 0.15) is 0 Å². The van der Waals surface area contributed by atoms with E-state index in [2.05, 4.69) is 0 Å². The second kappa shape index (κ2) is 6.37. The summed E-state index contributed by atoms with van der Waals surface area (Å²) in [6.45, 7) is 0.900. The van der Waals surface area contributed by atoms with Gasteiger partial charge in [-0.15, -0.1) is 0 Å². The van der Waals surface area contributed by atoms with E-state index in [1.54, 1.807) is 0 Å². The van der Waals surface area contributed by atoms with Crippen molar-refractivity contribution in [1.82, 2.24) is 4.90 Å². The Morgan fingerprint density at radius 1 is 1.11 bits per heavy atom. The third-order valence-electron chi connectivity index (χ3n) is 4.51. The van der Waals surface area contributed by atoms with Crippen molar-refractivity contribution in [2.45, 2.75) is 51.0 Å². The van der Waals surface area contributed by atoms with Crippen molar-refractivity contribution in [3.8, 4) is 0 Å². The van der Waals surface area contributed by atoms with Gasteiger partial charge in [-0.25, -0.2) is 0 Å². The number of hydrogen-bond acceptors (Lipinski definition) is 3. The maximum absolute atomic E-state index is 12.5. The highest BCUT2D eigenvalue weighted by atomic mass is 16.4. The Kier molecular flexibility index (Phi) is 4.80. The highest BCUT2D eigenvalue weighted by Gasteiger charge is 2.42. The zero-order valence-electron chi connectivity index (χ0n) is 11.3. The SMILES string of the molecule is O=C(O)C1CCCC1C(=O)N1CCCC1CCCO. The fourth-order valence-corrected chi connectivity index (χ4v) is 3.52. The van der Waals surface area contributed by atoms with Crippen LogP contribution in [0, 0.1) is 11.8 Å². The van der Waals surface area contributed by atoms with Crippen LogP contribution in [-0.4, -0.2) is 46.2 Å². The highest BCUT2D eigenvalue weighted by molar-refractivity contribution is 5.85. The average Bonchev–Trinajstić information content (AvgIpc) is 3.04. The van der Waals surface area contributed by atoms with Crippen molar-refractivity contribution in [3.05, 3.63) is 0 Å². The van der Waals surface area contributed by atoms with Crippen LogP contribution in [0.2, 0.25) is 0 Å². The van der Waals surface area contributed by atoms with Crippen molar-refractivity contribution >= 4 is 11.9 Å². The number of carboxylic acid groups (broad SMARTS) is 1. The zero-order valence-corrected chi connectivity index (χ0v) is 11.3. The Labute approximate surface area is 113 Å². The number of aliphatic hydroxyl groups excluding tert-OH is 1. The molecule has 1 aliphatic carbocycles. The molecular formula is C14H23NO4. The Bertz CT molecular complexity index is 344. The first-order chi connectivity index (χ1) is 9.15. The van der Waals surface area contributed by atoms with Crippen LogP contribution in [0.4, 0.5) is 0 Å². The predicted molar refractivity (Wildman–Crippen MR) is 69.5 cm³/mol. The van der Waals surface area contributed by atoms with Gasteiger partial charge in [-0.05, 0) is 38.5 Å². The minimum absolute atomic E-state index is 0.0327. The fraction of sp³-hybridized carbons (Fsp3) is 0.857. The first kappa shape index (κ1) is 14.3. The molecule has 2 N–H and O–H groups in total. The predicted octanol–water partition coefficient (Wildman–Crippen LogP) is 1.25. The molecule has 0 spiro atoms. The largest absolute Gasteiger partial charge is 0.481 e. The summed E-state index contributed by atoms with van der Waals surface area (Å²) < 4.78 is 0. The first-order valence-corrected chi connectivity index (χ1v) is 7.29. The number of rotatable bonds is 5. The summed E-state index contributed by atoms with van der Waals surface area (Å²) in [4.78, 5) is 25.6. The number of carboxylic acids is 1. The van der Waals surface area contributed by atoms with Gasteiger partial charge in [0.25, 0.3) is 0 Å². The number of hydrogen-bond donors (Lipinski definition) is 2. The molecule has 0 aromatic heterocycles. The second-order valence-electron chi connectivity index (χ2n) is 5.68. The summed E-state index contributed by atoms with van der Waals surface area (Å²) in [7, 11) is 0. The summed E-state index contributed by atoms with van der Waals surface area (Å²) in [5.74, 6) is -1.62. The van der Waals surface area contributed by atoms with Crippen molar-refractivity contribution < 1.29 is 19.8 Å². The third kappa shape index (κ3) is 3.08. The number of carbonyl (C=O) groups excluding carboxylic acids is 1. The van der Waals surface area contributed by atoms with Gasteiger partial charge in [0.2, 0.25) is 5.91 Å². The molecule has 1 amide bonds. The van der Waals surface area contributed by atoms with Crippen LogP contribution in [-0.2, 0) is 9.59 Å². The molecule has 0 aromatic rings. The average molecular weight is 269 g/mol. The molecule has 2 aliphatic rings. The summed E-state index contributed by atoms with van der Waals surface area (Å²) in [5, 5.41) is 18.1. The van der Waals surface area contributed by atoms with Gasteiger partial charge >= 0.3 is 5.97 Å². The van der Waals surface area contributed by atoms with E-state index in [0.29, 0.717) is 19.3 Å². The molecule has 19 heavy (non-hydrogen) atoms. The summed E-state index contributed by atoms with van der Waals surface area (Å²) in [5.41, 5.74) is 0. The molecule has 1 saturated heterocycles. The van der Waals surface area contributed by atoms with Gasteiger partial charge in [-0.1, -0.05) is 6.42 Å². The summed E-state index contributed by atoms with van der Waals surface area (Å²) in [6, 6.07) is 0.203. The molecule has 5 nitrogen and oxygen atoms in total. The maximum atomic E-state index is 12.5. The fourth-order valence-electron chi connectivity index (χ4n) is 3.52. The third-order valence-corrected chi connectivity index (χ3v) is 4.51. The van der Waals surface area contributed by atoms with Crippen molar-refractivity contribution in [1.29, 1.82) is 0 Å². The van der Waals surface area contributed by atoms with Crippen LogP contribution >= 0.6 is 0 Å². The van der Waals surface area contributed by atoms with Crippen LogP contribution in [0.15, 0.2) is 0 Å². The standard InChI is InChI=1S/C14H23NO4/c16-9-3-5-10-4-2-8-15(10)13(17)11-6-1-7-12(11)14(18)19/h10-12,16H,1-9H2,(H,18,19). The first-order valence-electron chi connectivity index (χ1n) is 7.29. The van der Waals surface area contributed by atoms with Gasteiger partial charge < -0.3 is 15.1 Å². The number of nitrogens with zero attached hydrogens (tertiary/aromatic N) is 1. The van der Waals surface area contributed by atoms with Crippen LogP contribution in [0.1, 0.15) is 44.9 Å². The molecule has 2 fully saturated rings. The molecule has 1 aliphatic heterocycles. The lowest BCUT2D eigenvalue weighted by atomic mass is 9.94. The quantitative estimate of drug-likeness (QED) is 0.787. The van der Waals surface area contributed by atoms with Crippen LogP contribution < -0.4 is 0 Å². The lowest BCUT2D eigenvalue weighted by Gasteiger charge is -2.28. The monoisotopic (exact) mass is 269 g/mol. The zero-order chi connectivity index (χ0) is 13.8. The van der Waals surface area contributed by atoms with Crippen molar-refractivity contribution in [2.75, 3.05) is 13.2 Å². The molecule has 2 rings (SSSR count). The smallest absolute Gasteiger partial charge is 0.307 e. The Hall–Kier alpha value is -1.10.